The topological polar surface area (TPSA) is 102 Å². The van der Waals surface area contributed by atoms with Crippen molar-refractivity contribution in [2.24, 2.45) is 12.8 Å². The van der Waals surface area contributed by atoms with E-state index in [4.69, 9.17) is 5.73 Å². The Labute approximate surface area is 150 Å². The zero-order chi connectivity index (χ0) is 18.1. The van der Waals surface area contributed by atoms with Gasteiger partial charge in [0.05, 0.1) is 10.6 Å². The minimum Gasteiger partial charge on any atom is -0.352 e. The molecule has 0 saturated heterocycles. The summed E-state index contributed by atoms with van der Waals surface area (Å²) in [5.74, 6) is -0.373. The molecule has 2 aromatic heterocycles. The molecule has 4 N–H and O–H groups in total. The van der Waals surface area contributed by atoms with Gasteiger partial charge in [0, 0.05) is 24.5 Å². The van der Waals surface area contributed by atoms with Crippen LogP contribution in [0.2, 0.25) is 0 Å². The highest BCUT2D eigenvalue weighted by Gasteiger charge is 2.24. The van der Waals surface area contributed by atoms with Crippen LogP contribution in [0, 0.1) is 6.92 Å². The maximum absolute atomic E-state index is 12.5. The van der Waals surface area contributed by atoms with Crippen LogP contribution in [-0.2, 0) is 11.8 Å². The second kappa shape index (κ2) is 7.13. The van der Waals surface area contributed by atoms with Crippen LogP contribution in [0.5, 0.6) is 0 Å². The molecular weight excluding hydrogens is 338 g/mol. The molecule has 1 fully saturated rings. The van der Waals surface area contributed by atoms with Crippen molar-refractivity contribution in [3.63, 3.8) is 0 Å². The number of rotatable bonds is 4. The molecule has 1 saturated carbocycles. The van der Waals surface area contributed by atoms with Gasteiger partial charge in [0.1, 0.15) is 10.9 Å². The summed E-state index contributed by atoms with van der Waals surface area (Å²) in [6, 6.07) is 1.67. The quantitative estimate of drug-likeness (QED) is 0.765. The summed E-state index contributed by atoms with van der Waals surface area (Å²) >= 11 is 1.39. The molecule has 1 atom stereocenters. The molecule has 0 spiro atoms. The first-order chi connectivity index (χ1) is 11.8. The van der Waals surface area contributed by atoms with Gasteiger partial charge in [-0.1, -0.05) is 0 Å². The Hall–Kier alpha value is -1.93. The molecule has 1 aliphatic rings. The van der Waals surface area contributed by atoms with E-state index in [0.29, 0.717) is 4.88 Å². The van der Waals surface area contributed by atoms with E-state index in [1.165, 1.54) is 11.3 Å². The largest absolute Gasteiger partial charge is 0.352 e. The van der Waals surface area contributed by atoms with Crippen molar-refractivity contribution in [1.82, 2.24) is 20.4 Å². The van der Waals surface area contributed by atoms with Gasteiger partial charge in [-0.2, -0.15) is 5.10 Å². The smallest absolute Gasteiger partial charge is 0.262 e. The molecule has 136 valence electrons. The van der Waals surface area contributed by atoms with Gasteiger partial charge in [-0.25, -0.2) is 0 Å². The predicted molar refractivity (Wildman–Crippen MR) is 98.6 cm³/mol. The summed E-state index contributed by atoms with van der Waals surface area (Å²) in [5.41, 5.74) is 6.78. The highest BCUT2D eigenvalue weighted by molar-refractivity contribution is 7.20. The summed E-state index contributed by atoms with van der Waals surface area (Å²) < 4.78 is 1.77. The van der Waals surface area contributed by atoms with E-state index in [1.807, 2.05) is 20.0 Å². The number of nitrogens with two attached hydrogens (primary N) is 1. The van der Waals surface area contributed by atoms with E-state index < -0.39 is 6.04 Å². The monoisotopic (exact) mass is 363 g/mol. The van der Waals surface area contributed by atoms with Gasteiger partial charge in [0.25, 0.3) is 5.91 Å². The first kappa shape index (κ1) is 17.9. The lowest BCUT2D eigenvalue weighted by Gasteiger charge is -2.28. The lowest BCUT2D eigenvalue weighted by molar-refractivity contribution is -0.123. The van der Waals surface area contributed by atoms with Crippen molar-refractivity contribution < 1.29 is 9.59 Å². The van der Waals surface area contributed by atoms with E-state index in [9.17, 15) is 9.59 Å². The Kier molecular flexibility index (Phi) is 5.10. The summed E-state index contributed by atoms with van der Waals surface area (Å²) in [4.78, 5) is 26.3. The van der Waals surface area contributed by atoms with E-state index in [0.717, 1.165) is 41.6 Å². The van der Waals surface area contributed by atoms with Crippen LogP contribution in [0.15, 0.2) is 6.07 Å². The fourth-order valence-electron chi connectivity index (χ4n) is 3.24. The molecule has 0 bridgehead atoms. The third-order valence-electron chi connectivity index (χ3n) is 4.78. The van der Waals surface area contributed by atoms with Crippen molar-refractivity contribution in [3.05, 3.63) is 16.6 Å². The van der Waals surface area contributed by atoms with Crippen LogP contribution in [0.1, 0.15) is 48.0 Å². The number of thiophene rings is 1. The van der Waals surface area contributed by atoms with Gasteiger partial charge in [0.15, 0.2) is 0 Å². The zero-order valence-electron chi connectivity index (χ0n) is 14.8. The van der Waals surface area contributed by atoms with E-state index in [1.54, 1.807) is 11.6 Å². The molecule has 7 nitrogen and oxygen atoms in total. The number of carbonyl (C=O) groups is 2. The minimum absolute atomic E-state index is 0.146. The van der Waals surface area contributed by atoms with E-state index in [-0.39, 0.29) is 23.9 Å². The van der Waals surface area contributed by atoms with Crippen molar-refractivity contribution in [2.45, 2.75) is 57.7 Å². The molecule has 0 aliphatic heterocycles. The maximum atomic E-state index is 12.5. The van der Waals surface area contributed by atoms with Crippen molar-refractivity contribution in [3.8, 4) is 0 Å². The number of hydrogen-bond acceptors (Lipinski definition) is 5. The first-order valence-corrected chi connectivity index (χ1v) is 9.46. The molecule has 0 aromatic carbocycles. The van der Waals surface area contributed by atoms with Gasteiger partial charge in [0.2, 0.25) is 5.91 Å². The summed E-state index contributed by atoms with van der Waals surface area (Å²) in [5, 5.41) is 11.1. The van der Waals surface area contributed by atoms with Gasteiger partial charge >= 0.3 is 0 Å². The van der Waals surface area contributed by atoms with Crippen molar-refractivity contribution in [1.29, 1.82) is 0 Å². The summed E-state index contributed by atoms with van der Waals surface area (Å²) in [6.07, 6.45) is 3.66. The fourth-order valence-corrected chi connectivity index (χ4v) is 4.27. The Morgan fingerprint density at radius 1 is 1.36 bits per heavy atom. The highest BCUT2D eigenvalue weighted by atomic mass is 32.1. The number of amides is 2. The fraction of sp³-hybridized carbons (Fsp3) is 0.588. The second-order valence-electron chi connectivity index (χ2n) is 6.85. The molecule has 3 rings (SSSR count). The van der Waals surface area contributed by atoms with Crippen LogP contribution in [0.25, 0.3) is 10.2 Å². The van der Waals surface area contributed by atoms with Crippen molar-refractivity contribution in [2.75, 3.05) is 0 Å². The molecule has 2 heterocycles. The van der Waals surface area contributed by atoms with Crippen LogP contribution < -0.4 is 16.4 Å². The number of aryl methyl sites for hydroxylation is 2. The third kappa shape index (κ3) is 3.85. The maximum Gasteiger partial charge on any atom is 0.262 e. The van der Waals surface area contributed by atoms with Crippen LogP contribution in [0.3, 0.4) is 0 Å². The van der Waals surface area contributed by atoms with Gasteiger partial charge in [-0.3, -0.25) is 14.3 Å². The van der Waals surface area contributed by atoms with Crippen LogP contribution in [0.4, 0.5) is 0 Å². The predicted octanol–water partition coefficient (Wildman–Crippen LogP) is 1.45. The van der Waals surface area contributed by atoms with Crippen molar-refractivity contribution >= 4 is 33.4 Å². The van der Waals surface area contributed by atoms with Crippen LogP contribution in [-0.4, -0.2) is 39.7 Å². The molecular formula is C17H25N5O2S. The normalized spacial score (nSPS) is 21.9. The molecule has 2 amide bonds. The minimum atomic E-state index is -0.576. The summed E-state index contributed by atoms with van der Waals surface area (Å²) in [6.45, 7) is 3.63. The third-order valence-corrected chi connectivity index (χ3v) is 5.98. The first-order valence-electron chi connectivity index (χ1n) is 8.65. The standard InChI is InChI=1S/C17H25N5O2S/c1-9-13-8-14(25-17(13)22(3)21-9)16(24)19-10(2)15(23)20-12-6-4-11(18)5-7-12/h8,10-12H,4-7,18H2,1-3H3,(H,19,24)(H,20,23). The molecule has 1 aliphatic carbocycles. The Morgan fingerprint density at radius 3 is 2.68 bits per heavy atom. The number of nitrogens with zero attached hydrogens (tertiary/aromatic N) is 2. The number of hydrogen-bond donors (Lipinski definition) is 3. The molecule has 2 aromatic rings. The Bertz CT molecular complexity index is 754. The average Bonchev–Trinajstić information content (AvgIpc) is 3.12. The second-order valence-corrected chi connectivity index (χ2v) is 7.88. The van der Waals surface area contributed by atoms with Crippen LogP contribution >= 0.6 is 11.3 Å². The van der Waals surface area contributed by atoms with E-state index in [2.05, 4.69) is 15.7 Å². The zero-order valence-corrected chi connectivity index (χ0v) is 15.7. The number of aromatic nitrogens is 2. The Balaban J connectivity index is 1.59. The number of carbonyl (C=O) groups excluding carboxylic acids is 2. The lowest BCUT2D eigenvalue weighted by atomic mass is 9.91. The number of nitrogens with one attached hydrogen (secondary N) is 2. The molecule has 8 heteroatoms. The number of fused-ring (bicyclic) bond motifs is 1. The highest BCUT2D eigenvalue weighted by Crippen LogP contribution is 2.27. The lowest BCUT2D eigenvalue weighted by Crippen LogP contribution is -2.49. The van der Waals surface area contributed by atoms with E-state index >= 15 is 0 Å². The average molecular weight is 363 g/mol. The van der Waals surface area contributed by atoms with Gasteiger partial charge in [-0.15, -0.1) is 11.3 Å². The SMILES string of the molecule is Cc1nn(C)c2sc(C(=O)NC(C)C(=O)NC3CCC(N)CC3)cc12. The molecule has 25 heavy (non-hydrogen) atoms. The van der Waals surface area contributed by atoms with Gasteiger partial charge < -0.3 is 16.4 Å². The van der Waals surface area contributed by atoms with Gasteiger partial charge in [-0.05, 0) is 45.6 Å². The molecule has 0 radical (unpaired) electrons. The summed E-state index contributed by atoms with van der Waals surface area (Å²) in [7, 11) is 1.86. The Morgan fingerprint density at radius 2 is 2.04 bits per heavy atom. The molecule has 1 unspecified atom stereocenters.